The zero-order valence-electron chi connectivity index (χ0n) is 17.5. The van der Waals surface area contributed by atoms with Gasteiger partial charge in [-0.25, -0.2) is 0 Å². The van der Waals surface area contributed by atoms with Crippen LogP contribution in [0.3, 0.4) is 0 Å². The molecule has 1 aliphatic heterocycles. The third-order valence-corrected chi connectivity index (χ3v) is 7.16. The summed E-state index contributed by atoms with van der Waals surface area (Å²) < 4.78 is 10.8. The van der Waals surface area contributed by atoms with Gasteiger partial charge in [0.05, 0.1) is 26.3 Å². The molecule has 0 unspecified atom stereocenters. The van der Waals surface area contributed by atoms with Gasteiger partial charge in [-0.1, -0.05) is 6.42 Å². The van der Waals surface area contributed by atoms with E-state index in [-0.39, 0.29) is 5.91 Å². The van der Waals surface area contributed by atoms with E-state index in [0.29, 0.717) is 24.4 Å². The number of amides is 1. The van der Waals surface area contributed by atoms with Gasteiger partial charge >= 0.3 is 0 Å². The lowest BCUT2D eigenvalue weighted by Crippen LogP contribution is -2.37. The summed E-state index contributed by atoms with van der Waals surface area (Å²) in [7, 11) is 3.27. The SMILES string of the molecule is COc1cc2c(cc1OC)CN(CC(=O)Nc1sc3c(c1C#N)CCCCC3)CC2. The van der Waals surface area contributed by atoms with E-state index in [1.54, 1.807) is 25.6 Å². The van der Waals surface area contributed by atoms with Crippen molar-refractivity contribution in [3.63, 3.8) is 0 Å². The van der Waals surface area contributed by atoms with Gasteiger partial charge in [-0.3, -0.25) is 9.69 Å². The highest BCUT2D eigenvalue weighted by atomic mass is 32.1. The molecule has 0 atom stereocenters. The van der Waals surface area contributed by atoms with E-state index in [4.69, 9.17) is 9.47 Å². The first-order chi connectivity index (χ1) is 14.6. The van der Waals surface area contributed by atoms with Gasteiger partial charge in [0.1, 0.15) is 11.1 Å². The molecule has 30 heavy (non-hydrogen) atoms. The number of methoxy groups -OCH3 is 2. The summed E-state index contributed by atoms with van der Waals surface area (Å²) in [6.45, 7) is 1.80. The van der Waals surface area contributed by atoms with E-state index in [2.05, 4.69) is 16.3 Å². The standard InChI is InChI=1S/C23H27N3O3S/c1-28-19-10-15-8-9-26(13-16(15)11-20(19)29-2)14-22(27)25-23-18(12-24)17-6-4-3-5-7-21(17)30-23/h10-11H,3-9,13-14H2,1-2H3,(H,25,27). The molecule has 1 aliphatic carbocycles. The van der Waals surface area contributed by atoms with Crippen molar-refractivity contribution in [1.82, 2.24) is 4.90 Å². The summed E-state index contributed by atoms with van der Waals surface area (Å²) in [6, 6.07) is 6.37. The molecule has 1 N–H and O–H groups in total. The Morgan fingerprint density at radius 3 is 2.60 bits per heavy atom. The van der Waals surface area contributed by atoms with E-state index in [0.717, 1.165) is 60.5 Å². The van der Waals surface area contributed by atoms with E-state index in [1.807, 2.05) is 12.1 Å². The van der Waals surface area contributed by atoms with Gasteiger partial charge in [-0.15, -0.1) is 11.3 Å². The second-order valence-electron chi connectivity index (χ2n) is 7.87. The van der Waals surface area contributed by atoms with Gasteiger partial charge in [0, 0.05) is 18.0 Å². The Kier molecular flexibility index (Phi) is 6.26. The van der Waals surface area contributed by atoms with Crippen LogP contribution in [-0.2, 0) is 30.6 Å². The molecule has 0 bridgehead atoms. The number of aryl methyl sites for hydroxylation is 1. The van der Waals surface area contributed by atoms with Crippen molar-refractivity contribution >= 4 is 22.2 Å². The molecule has 4 rings (SSSR count). The van der Waals surface area contributed by atoms with Crippen LogP contribution in [0.1, 0.15) is 46.4 Å². The minimum Gasteiger partial charge on any atom is -0.493 e. The number of nitriles is 1. The molecule has 0 saturated heterocycles. The Morgan fingerprint density at radius 2 is 1.87 bits per heavy atom. The molecule has 0 spiro atoms. The fourth-order valence-corrected chi connectivity index (χ4v) is 5.65. The van der Waals surface area contributed by atoms with E-state index < -0.39 is 0 Å². The second-order valence-corrected chi connectivity index (χ2v) is 8.97. The predicted octanol–water partition coefficient (Wildman–Crippen LogP) is 3.90. The summed E-state index contributed by atoms with van der Waals surface area (Å²) in [5.74, 6) is 1.39. The van der Waals surface area contributed by atoms with Crippen LogP contribution >= 0.6 is 11.3 Å². The van der Waals surface area contributed by atoms with E-state index >= 15 is 0 Å². The van der Waals surface area contributed by atoms with Crippen molar-refractivity contribution in [3.05, 3.63) is 39.3 Å². The van der Waals surface area contributed by atoms with Crippen LogP contribution in [0, 0.1) is 11.3 Å². The fraction of sp³-hybridized carbons (Fsp3) is 0.478. The number of hydrogen-bond donors (Lipinski definition) is 1. The molecule has 0 fully saturated rings. The fourth-order valence-electron chi connectivity index (χ4n) is 4.39. The third kappa shape index (κ3) is 4.16. The minimum atomic E-state index is -0.0631. The number of hydrogen-bond acceptors (Lipinski definition) is 6. The maximum Gasteiger partial charge on any atom is 0.239 e. The summed E-state index contributed by atoms with van der Waals surface area (Å²) in [4.78, 5) is 16.2. The van der Waals surface area contributed by atoms with Crippen LogP contribution in [-0.4, -0.2) is 38.1 Å². The zero-order chi connectivity index (χ0) is 21.1. The first-order valence-electron chi connectivity index (χ1n) is 10.4. The van der Waals surface area contributed by atoms with Gasteiger partial charge in [-0.2, -0.15) is 5.26 Å². The van der Waals surface area contributed by atoms with Crippen LogP contribution < -0.4 is 14.8 Å². The van der Waals surface area contributed by atoms with Crippen LogP contribution in [0.5, 0.6) is 11.5 Å². The molecule has 2 heterocycles. The summed E-state index contributed by atoms with van der Waals surface area (Å²) in [6.07, 6.45) is 6.30. The third-order valence-electron chi connectivity index (χ3n) is 5.95. The lowest BCUT2D eigenvalue weighted by Gasteiger charge is -2.29. The van der Waals surface area contributed by atoms with Gasteiger partial charge < -0.3 is 14.8 Å². The van der Waals surface area contributed by atoms with Crippen molar-refractivity contribution in [2.24, 2.45) is 0 Å². The maximum atomic E-state index is 12.8. The Morgan fingerprint density at radius 1 is 1.13 bits per heavy atom. The lowest BCUT2D eigenvalue weighted by molar-refractivity contribution is -0.117. The highest BCUT2D eigenvalue weighted by molar-refractivity contribution is 7.16. The normalized spacial score (nSPS) is 16.0. The topological polar surface area (TPSA) is 74.6 Å². The number of benzene rings is 1. The molecule has 0 saturated carbocycles. The van der Waals surface area contributed by atoms with Crippen molar-refractivity contribution in [2.45, 2.75) is 45.1 Å². The number of nitrogens with zero attached hydrogens (tertiary/aromatic N) is 2. The van der Waals surface area contributed by atoms with Gasteiger partial charge in [0.2, 0.25) is 5.91 Å². The predicted molar refractivity (Wildman–Crippen MR) is 117 cm³/mol. The van der Waals surface area contributed by atoms with Gasteiger partial charge in [0.25, 0.3) is 0 Å². The Hall–Kier alpha value is -2.56. The largest absolute Gasteiger partial charge is 0.493 e. The Balaban J connectivity index is 1.44. The van der Waals surface area contributed by atoms with Gasteiger partial charge in [-0.05, 0) is 60.9 Å². The van der Waals surface area contributed by atoms with E-state index in [1.165, 1.54) is 16.9 Å². The van der Waals surface area contributed by atoms with Crippen LogP contribution in [0.2, 0.25) is 0 Å². The highest BCUT2D eigenvalue weighted by Gasteiger charge is 2.24. The molecule has 0 radical (unpaired) electrons. The number of anilines is 1. The molecular weight excluding hydrogens is 398 g/mol. The second kappa shape index (κ2) is 9.07. The van der Waals surface area contributed by atoms with Crippen molar-refractivity contribution in [1.29, 1.82) is 5.26 Å². The quantitative estimate of drug-likeness (QED) is 0.736. The first kappa shape index (κ1) is 20.7. The van der Waals surface area contributed by atoms with Crippen LogP contribution in [0.15, 0.2) is 12.1 Å². The van der Waals surface area contributed by atoms with E-state index in [9.17, 15) is 10.1 Å². The number of thiophene rings is 1. The Labute approximate surface area is 181 Å². The Bertz CT molecular complexity index is 993. The number of fused-ring (bicyclic) bond motifs is 2. The number of nitrogens with one attached hydrogen (secondary N) is 1. The monoisotopic (exact) mass is 425 g/mol. The summed E-state index contributed by atoms with van der Waals surface area (Å²) in [5, 5.41) is 13.4. The molecule has 1 aromatic heterocycles. The molecule has 158 valence electrons. The smallest absolute Gasteiger partial charge is 0.239 e. The lowest BCUT2D eigenvalue weighted by atomic mass is 9.99. The average Bonchev–Trinajstić information content (AvgIpc) is 2.91. The maximum absolute atomic E-state index is 12.8. The minimum absolute atomic E-state index is 0.0631. The zero-order valence-corrected chi connectivity index (χ0v) is 18.4. The van der Waals surface area contributed by atoms with Gasteiger partial charge in [0.15, 0.2) is 11.5 Å². The number of ether oxygens (including phenoxy) is 2. The number of rotatable bonds is 5. The first-order valence-corrected chi connectivity index (χ1v) is 11.2. The molecule has 1 aromatic carbocycles. The van der Waals surface area contributed by atoms with Crippen molar-refractivity contribution in [3.8, 4) is 17.6 Å². The molecule has 2 aromatic rings. The van der Waals surface area contributed by atoms with Crippen LogP contribution in [0.4, 0.5) is 5.00 Å². The highest BCUT2D eigenvalue weighted by Crippen LogP contribution is 2.37. The molecule has 6 nitrogen and oxygen atoms in total. The number of carbonyl (C=O) groups is 1. The molecule has 7 heteroatoms. The molecular formula is C23H27N3O3S. The number of carbonyl (C=O) groups excluding carboxylic acids is 1. The summed E-state index contributed by atoms with van der Waals surface area (Å²) in [5.41, 5.74) is 4.22. The van der Waals surface area contributed by atoms with Crippen LogP contribution in [0.25, 0.3) is 0 Å². The van der Waals surface area contributed by atoms with Crippen molar-refractivity contribution in [2.75, 3.05) is 32.6 Å². The average molecular weight is 426 g/mol. The molecule has 1 amide bonds. The van der Waals surface area contributed by atoms with Crippen molar-refractivity contribution < 1.29 is 14.3 Å². The molecule has 2 aliphatic rings. The summed E-state index contributed by atoms with van der Waals surface area (Å²) >= 11 is 1.58.